The molecule has 2 fully saturated rings. The maximum absolute atomic E-state index is 4.64. The van der Waals surface area contributed by atoms with Crippen LogP contribution in [0.2, 0.25) is 0 Å². The van der Waals surface area contributed by atoms with Crippen LogP contribution in [0, 0.1) is 6.92 Å². The van der Waals surface area contributed by atoms with Crippen LogP contribution in [0.3, 0.4) is 0 Å². The van der Waals surface area contributed by atoms with Crippen molar-refractivity contribution in [3.63, 3.8) is 0 Å². The number of hydrogen-bond donors (Lipinski definition) is 1. The lowest BCUT2D eigenvalue weighted by Gasteiger charge is -2.32. The van der Waals surface area contributed by atoms with E-state index in [0.29, 0.717) is 12.0 Å². The van der Waals surface area contributed by atoms with Gasteiger partial charge in [0, 0.05) is 37.9 Å². The zero-order chi connectivity index (χ0) is 13.9. The third-order valence-electron chi connectivity index (χ3n) is 4.54. The van der Waals surface area contributed by atoms with Crippen molar-refractivity contribution < 1.29 is 0 Å². The number of rotatable bonds is 3. The molecule has 2 aliphatic rings. The SMILES string of the molecule is CNc1ncc(C)c(N2CCC(N3CCCCC3)C2)n1. The largest absolute Gasteiger partial charge is 0.357 e. The molecule has 110 valence electrons. The minimum Gasteiger partial charge on any atom is -0.357 e. The molecule has 0 bridgehead atoms. The van der Waals surface area contributed by atoms with Crippen LogP contribution >= 0.6 is 0 Å². The van der Waals surface area contributed by atoms with Gasteiger partial charge in [0.25, 0.3) is 0 Å². The maximum Gasteiger partial charge on any atom is 0.224 e. The highest BCUT2D eigenvalue weighted by Crippen LogP contribution is 2.26. The molecule has 1 unspecified atom stereocenters. The molecule has 1 aromatic heterocycles. The first-order valence-electron chi connectivity index (χ1n) is 7.78. The average molecular weight is 275 g/mol. The summed E-state index contributed by atoms with van der Waals surface area (Å²) < 4.78 is 0. The smallest absolute Gasteiger partial charge is 0.224 e. The van der Waals surface area contributed by atoms with Crippen LogP contribution in [0.5, 0.6) is 0 Å². The molecule has 0 amide bonds. The number of anilines is 2. The summed E-state index contributed by atoms with van der Waals surface area (Å²) in [5.41, 5.74) is 1.17. The van der Waals surface area contributed by atoms with Gasteiger partial charge in [0.15, 0.2) is 0 Å². The number of aryl methyl sites for hydroxylation is 1. The summed E-state index contributed by atoms with van der Waals surface area (Å²) in [6.07, 6.45) is 7.32. The van der Waals surface area contributed by atoms with Crippen LogP contribution in [0.25, 0.3) is 0 Å². The summed E-state index contributed by atoms with van der Waals surface area (Å²) in [6, 6.07) is 0.711. The quantitative estimate of drug-likeness (QED) is 0.912. The van der Waals surface area contributed by atoms with E-state index in [1.165, 1.54) is 44.3 Å². The number of aromatic nitrogens is 2. The molecule has 3 heterocycles. The van der Waals surface area contributed by atoms with E-state index in [4.69, 9.17) is 0 Å². The fourth-order valence-corrected chi connectivity index (χ4v) is 3.39. The minimum atomic E-state index is 0.711. The fourth-order valence-electron chi connectivity index (χ4n) is 3.39. The van der Waals surface area contributed by atoms with Gasteiger partial charge in [0.2, 0.25) is 5.95 Å². The molecule has 2 aliphatic heterocycles. The lowest BCUT2D eigenvalue weighted by Crippen LogP contribution is -2.41. The number of hydrogen-bond acceptors (Lipinski definition) is 5. The van der Waals surface area contributed by atoms with Gasteiger partial charge in [-0.15, -0.1) is 0 Å². The third-order valence-corrected chi connectivity index (χ3v) is 4.54. The zero-order valence-corrected chi connectivity index (χ0v) is 12.6. The summed E-state index contributed by atoms with van der Waals surface area (Å²) in [5, 5.41) is 3.03. The lowest BCUT2D eigenvalue weighted by atomic mass is 10.1. The first kappa shape index (κ1) is 13.6. The molecule has 0 aliphatic carbocycles. The van der Waals surface area contributed by atoms with E-state index < -0.39 is 0 Å². The van der Waals surface area contributed by atoms with Gasteiger partial charge in [0.05, 0.1) is 0 Å². The molecule has 5 nitrogen and oxygen atoms in total. The minimum absolute atomic E-state index is 0.711. The third kappa shape index (κ3) is 2.73. The van der Waals surface area contributed by atoms with Gasteiger partial charge < -0.3 is 10.2 Å². The Labute approximate surface area is 121 Å². The molecule has 1 aromatic rings. The normalized spacial score (nSPS) is 24.1. The molecule has 20 heavy (non-hydrogen) atoms. The Bertz CT molecular complexity index is 456. The van der Waals surface area contributed by atoms with Crippen molar-refractivity contribution in [2.45, 2.75) is 38.6 Å². The number of nitrogens with one attached hydrogen (secondary N) is 1. The van der Waals surface area contributed by atoms with Crippen LogP contribution in [-0.2, 0) is 0 Å². The molecule has 0 saturated carbocycles. The summed E-state index contributed by atoms with van der Waals surface area (Å²) in [7, 11) is 1.87. The molecule has 3 rings (SSSR count). The van der Waals surface area contributed by atoms with Crippen molar-refractivity contribution in [3.8, 4) is 0 Å². The van der Waals surface area contributed by atoms with E-state index in [2.05, 4.69) is 32.0 Å². The highest BCUT2D eigenvalue weighted by molar-refractivity contribution is 5.49. The molecule has 2 saturated heterocycles. The second-order valence-corrected chi connectivity index (χ2v) is 5.94. The van der Waals surface area contributed by atoms with Crippen LogP contribution in [-0.4, -0.2) is 54.1 Å². The Morgan fingerprint density at radius 3 is 2.75 bits per heavy atom. The maximum atomic E-state index is 4.64. The summed E-state index contributed by atoms with van der Waals surface area (Å²) in [6.45, 7) is 6.89. The van der Waals surface area contributed by atoms with Gasteiger partial charge in [-0.25, -0.2) is 4.98 Å². The second kappa shape index (κ2) is 5.95. The summed E-state index contributed by atoms with van der Waals surface area (Å²) >= 11 is 0. The van der Waals surface area contributed by atoms with Crippen LogP contribution in [0.4, 0.5) is 11.8 Å². The number of nitrogens with zero attached hydrogens (tertiary/aromatic N) is 4. The van der Waals surface area contributed by atoms with Gasteiger partial charge in [-0.05, 0) is 39.3 Å². The standard InChI is InChI=1S/C15H25N5/c1-12-10-17-15(16-2)18-14(12)20-9-6-13(11-20)19-7-4-3-5-8-19/h10,13H,3-9,11H2,1-2H3,(H,16,17,18). The van der Waals surface area contributed by atoms with Crippen LogP contribution in [0.1, 0.15) is 31.2 Å². The van der Waals surface area contributed by atoms with Crippen LogP contribution < -0.4 is 10.2 Å². The zero-order valence-electron chi connectivity index (χ0n) is 12.6. The van der Waals surface area contributed by atoms with Crippen molar-refractivity contribution in [2.24, 2.45) is 0 Å². The van der Waals surface area contributed by atoms with Crippen LogP contribution in [0.15, 0.2) is 6.20 Å². The van der Waals surface area contributed by atoms with E-state index in [0.717, 1.165) is 18.9 Å². The van der Waals surface area contributed by atoms with Crippen molar-refractivity contribution in [3.05, 3.63) is 11.8 Å². The molecule has 0 radical (unpaired) electrons. The highest BCUT2D eigenvalue weighted by atomic mass is 15.3. The van der Waals surface area contributed by atoms with Crippen molar-refractivity contribution in [1.29, 1.82) is 0 Å². The molecule has 5 heteroatoms. The molecular formula is C15H25N5. The average Bonchev–Trinajstić information content (AvgIpc) is 2.98. The first-order chi connectivity index (χ1) is 9.78. The summed E-state index contributed by atoms with van der Waals surface area (Å²) in [4.78, 5) is 14.0. The Kier molecular flexibility index (Phi) is 4.05. The van der Waals surface area contributed by atoms with Crippen molar-refractivity contribution in [2.75, 3.05) is 43.4 Å². The fraction of sp³-hybridized carbons (Fsp3) is 0.733. The lowest BCUT2D eigenvalue weighted by molar-refractivity contribution is 0.175. The van der Waals surface area contributed by atoms with Gasteiger partial charge in [0.1, 0.15) is 5.82 Å². The van der Waals surface area contributed by atoms with E-state index in [-0.39, 0.29) is 0 Å². The molecule has 0 aromatic carbocycles. The predicted octanol–water partition coefficient (Wildman–Crippen LogP) is 1.89. The number of likely N-dealkylation sites (tertiary alicyclic amines) is 1. The predicted molar refractivity (Wildman–Crippen MR) is 82.4 cm³/mol. The molecular weight excluding hydrogens is 250 g/mol. The Morgan fingerprint density at radius 2 is 2.00 bits per heavy atom. The van der Waals surface area contributed by atoms with E-state index in [1.54, 1.807) is 0 Å². The van der Waals surface area contributed by atoms with Gasteiger partial charge in [-0.2, -0.15) is 4.98 Å². The van der Waals surface area contributed by atoms with E-state index >= 15 is 0 Å². The molecule has 1 N–H and O–H groups in total. The monoisotopic (exact) mass is 275 g/mol. The van der Waals surface area contributed by atoms with Gasteiger partial charge >= 0.3 is 0 Å². The molecule has 0 spiro atoms. The highest BCUT2D eigenvalue weighted by Gasteiger charge is 2.29. The second-order valence-electron chi connectivity index (χ2n) is 5.94. The van der Waals surface area contributed by atoms with Gasteiger partial charge in [-0.3, -0.25) is 4.90 Å². The van der Waals surface area contributed by atoms with Gasteiger partial charge in [-0.1, -0.05) is 6.42 Å². The molecule has 1 atom stereocenters. The Balaban J connectivity index is 1.70. The summed E-state index contributed by atoms with van der Waals surface area (Å²) in [5.74, 6) is 1.82. The first-order valence-corrected chi connectivity index (χ1v) is 7.78. The number of piperidine rings is 1. The van der Waals surface area contributed by atoms with E-state index in [9.17, 15) is 0 Å². The van der Waals surface area contributed by atoms with Crippen molar-refractivity contribution in [1.82, 2.24) is 14.9 Å². The Hall–Kier alpha value is -1.36. The topological polar surface area (TPSA) is 44.3 Å². The van der Waals surface area contributed by atoms with Crippen molar-refractivity contribution >= 4 is 11.8 Å². The van der Waals surface area contributed by atoms with E-state index in [1.807, 2.05) is 13.2 Å². The Morgan fingerprint density at radius 1 is 1.20 bits per heavy atom.